The Labute approximate surface area is 86.1 Å². The van der Waals surface area contributed by atoms with Gasteiger partial charge in [0.1, 0.15) is 0 Å². The highest BCUT2D eigenvalue weighted by molar-refractivity contribution is 5.18. The van der Waals surface area contributed by atoms with E-state index >= 15 is 0 Å². The number of aryl methyl sites for hydroxylation is 1. The number of hydrogen-bond donors (Lipinski definition) is 2. The Morgan fingerprint density at radius 2 is 2.20 bits per heavy atom. The number of hydrogen-bond acceptors (Lipinski definition) is 2. The molecule has 15 heavy (non-hydrogen) atoms. The molecule has 0 aliphatic rings. The lowest BCUT2D eigenvalue weighted by Gasteiger charge is -2.14. The first-order chi connectivity index (χ1) is 6.90. The first-order valence-electron chi connectivity index (χ1n) is 4.70. The van der Waals surface area contributed by atoms with Crippen molar-refractivity contribution in [1.29, 1.82) is 0 Å². The second-order valence-corrected chi connectivity index (χ2v) is 3.49. The largest absolute Gasteiger partial charge is 0.390 e. The number of halogens is 3. The normalized spacial score (nSPS) is 14.2. The van der Waals surface area contributed by atoms with E-state index < -0.39 is 12.6 Å². The summed E-state index contributed by atoms with van der Waals surface area (Å²) in [7, 11) is 0. The zero-order chi connectivity index (χ0) is 11.5. The third-order valence-corrected chi connectivity index (χ3v) is 2.19. The minimum atomic E-state index is -4.10. The van der Waals surface area contributed by atoms with E-state index in [9.17, 15) is 13.2 Å². The maximum absolute atomic E-state index is 11.9. The van der Waals surface area contributed by atoms with E-state index in [1.807, 2.05) is 13.8 Å². The molecular formula is C9H14F3N3. The van der Waals surface area contributed by atoms with Crippen molar-refractivity contribution >= 4 is 0 Å². The Hall–Kier alpha value is -1.04. The summed E-state index contributed by atoms with van der Waals surface area (Å²) in [5, 5.41) is 9.36. The summed E-state index contributed by atoms with van der Waals surface area (Å²) in [5.41, 5.74) is 1.78. The molecular weight excluding hydrogens is 207 g/mol. The number of nitrogens with zero attached hydrogens (tertiary/aromatic N) is 1. The zero-order valence-corrected chi connectivity index (χ0v) is 8.65. The SMILES string of the molecule is Cc1[nH]ncc1C(C)NCCC(F)(F)F. The molecule has 1 aromatic heterocycles. The van der Waals surface area contributed by atoms with Gasteiger partial charge in [0.2, 0.25) is 0 Å². The van der Waals surface area contributed by atoms with Gasteiger partial charge in [-0.2, -0.15) is 18.3 Å². The smallest absolute Gasteiger partial charge is 0.310 e. The van der Waals surface area contributed by atoms with Crippen LogP contribution in [0.25, 0.3) is 0 Å². The van der Waals surface area contributed by atoms with Crippen LogP contribution >= 0.6 is 0 Å². The van der Waals surface area contributed by atoms with Gasteiger partial charge in [-0.05, 0) is 13.8 Å². The van der Waals surface area contributed by atoms with Crippen molar-refractivity contribution in [2.75, 3.05) is 6.54 Å². The van der Waals surface area contributed by atoms with Gasteiger partial charge in [-0.25, -0.2) is 0 Å². The maximum atomic E-state index is 11.9. The first-order valence-corrected chi connectivity index (χ1v) is 4.70. The van der Waals surface area contributed by atoms with Crippen molar-refractivity contribution in [3.63, 3.8) is 0 Å². The quantitative estimate of drug-likeness (QED) is 0.819. The molecule has 86 valence electrons. The van der Waals surface area contributed by atoms with Gasteiger partial charge >= 0.3 is 6.18 Å². The van der Waals surface area contributed by atoms with E-state index in [0.29, 0.717) is 0 Å². The summed E-state index contributed by atoms with van der Waals surface area (Å²) in [6.07, 6.45) is -3.28. The lowest BCUT2D eigenvalue weighted by Crippen LogP contribution is -2.24. The molecule has 1 unspecified atom stereocenters. The molecule has 0 spiro atoms. The number of rotatable bonds is 4. The van der Waals surface area contributed by atoms with E-state index in [0.717, 1.165) is 11.3 Å². The summed E-state index contributed by atoms with van der Waals surface area (Å²) in [6.45, 7) is 3.58. The van der Waals surface area contributed by atoms with Crippen molar-refractivity contribution < 1.29 is 13.2 Å². The summed E-state index contributed by atoms with van der Waals surface area (Å²) in [6, 6.07) is -0.119. The van der Waals surface area contributed by atoms with Crippen LogP contribution in [0, 0.1) is 6.92 Å². The molecule has 0 bridgehead atoms. The maximum Gasteiger partial charge on any atom is 0.390 e. The molecule has 0 aromatic carbocycles. The first kappa shape index (κ1) is 12.0. The van der Waals surface area contributed by atoms with Crippen molar-refractivity contribution in [1.82, 2.24) is 15.5 Å². The lowest BCUT2D eigenvalue weighted by molar-refractivity contribution is -0.133. The van der Waals surface area contributed by atoms with Crippen LogP contribution in [0.3, 0.4) is 0 Å². The van der Waals surface area contributed by atoms with Crippen molar-refractivity contribution in [2.45, 2.75) is 32.5 Å². The third kappa shape index (κ3) is 3.91. The number of H-pyrrole nitrogens is 1. The molecule has 1 rings (SSSR count). The summed E-state index contributed by atoms with van der Waals surface area (Å²) >= 11 is 0. The van der Waals surface area contributed by atoms with Gasteiger partial charge in [0, 0.05) is 23.8 Å². The van der Waals surface area contributed by atoms with Crippen LogP contribution in [-0.2, 0) is 0 Å². The Morgan fingerprint density at radius 3 is 2.67 bits per heavy atom. The number of nitrogens with one attached hydrogen (secondary N) is 2. The predicted molar refractivity (Wildman–Crippen MR) is 50.4 cm³/mol. The number of aromatic nitrogens is 2. The predicted octanol–water partition coefficient (Wildman–Crippen LogP) is 2.32. The molecule has 0 aliphatic heterocycles. The van der Waals surface area contributed by atoms with Crippen LogP contribution in [0.2, 0.25) is 0 Å². The molecule has 1 aromatic rings. The van der Waals surface area contributed by atoms with Crippen LogP contribution in [0.1, 0.15) is 30.6 Å². The van der Waals surface area contributed by atoms with Crippen LogP contribution in [-0.4, -0.2) is 22.9 Å². The van der Waals surface area contributed by atoms with Crippen molar-refractivity contribution in [3.05, 3.63) is 17.5 Å². The third-order valence-electron chi connectivity index (χ3n) is 2.19. The summed E-state index contributed by atoms with van der Waals surface area (Å²) in [4.78, 5) is 0. The van der Waals surface area contributed by atoms with Gasteiger partial charge in [-0.3, -0.25) is 5.10 Å². The molecule has 0 amide bonds. The Balaban J connectivity index is 2.37. The molecule has 2 N–H and O–H groups in total. The lowest BCUT2D eigenvalue weighted by atomic mass is 10.1. The molecule has 0 radical (unpaired) electrons. The molecule has 1 atom stereocenters. The fourth-order valence-corrected chi connectivity index (χ4v) is 1.34. The topological polar surface area (TPSA) is 40.7 Å². The second kappa shape index (κ2) is 4.65. The van der Waals surface area contributed by atoms with E-state index in [4.69, 9.17) is 0 Å². The minimum Gasteiger partial charge on any atom is -0.310 e. The van der Waals surface area contributed by atoms with E-state index in [1.165, 1.54) is 0 Å². The van der Waals surface area contributed by atoms with Crippen LogP contribution in [0.5, 0.6) is 0 Å². The molecule has 0 aliphatic carbocycles. The van der Waals surface area contributed by atoms with Gasteiger partial charge in [0.25, 0.3) is 0 Å². The standard InChI is InChI=1S/C9H14F3N3/c1-6(8-5-14-15-7(8)2)13-4-3-9(10,11)12/h5-6,13H,3-4H2,1-2H3,(H,14,15). The van der Waals surface area contributed by atoms with Crippen LogP contribution in [0.15, 0.2) is 6.20 Å². The van der Waals surface area contributed by atoms with Crippen molar-refractivity contribution in [2.24, 2.45) is 0 Å². The average molecular weight is 221 g/mol. The molecule has 0 fully saturated rings. The fourth-order valence-electron chi connectivity index (χ4n) is 1.34. The zero-order valence-electron chi connectivity index (χ0n) is 8.65. The Bertz CT molecular complexity index is 306. The van der Waals surface area contributed by atoms with Crippen LogP contribution in [0.4, 0.5) is 13.2 Å². The van der Waals surface area contributed by atoms with Gasteiger partial charge < -0.3 is 5.32 Å². The van der Waals surface area contributed by atoms with Gasteiger partial charge in [-0.1, -0.05) is 0 Å². The van der Waals surface area contributed by atoms with Gasteiger partial charge in [0.15, 0.2) is 0 Å². The van der Waals surface area contributed by atoms with E-state index in [2.05, 4.69) is 15.5 Å². The highest BCUT2D eigenvalue weighted by Gasteiger charge is 2.26. The number of aromatic amines is 1. The molecule has 0 saturated carbocycles. The highest BCUT2D eigenvalue weighted by Crippen LogP contribution is 2.20. The fraction of sp³-hybridized carbons (Fsp3) is 0.667. The highest BCUT2D eigenvalue weighted by atomic mass is 19.4. The molecule has 0 saturated heterocycles. The van der Waals surface area contributed by atoms with E-state index in [-0.39, 0.29) is 12.6 Å². The molecule has 3 nitrogen and oxygen atoms in total. The molecule has 6 heteroatoms. The van der Waals surface area contributed by atoms with Gasteiger partial charge in [0.05, 0.1) is 12.6 Å². The second-order valence-electron chi connectivity index (χ2n) is 3.49. The van der Waals surface area contributed by atoms with E-state index in [1.54, 1.807) is 6.20 Å². The summed E-state index contributed by atoms with van der Waals surface area (Å²) < 4.78 is 35.6. The Morgan fingerprint density at radius 1 is 1.53 bits per heavy atom. The van der Waals surface area contributed by atoms with Crippen molar-refractivity contribution in [3.8, 4) is 0 Å². The Kier molecular flexibility index (Phi) is 3.73. The summed E-state index contributed by atoms with van der Waals surface area (Å²) in [5.74, 6) is 0. The molecule has 1 heterocycles. The minimum absolute atomic E-state index is 0.0741. The van der Waals surface area contributed by atoms with Gasteiger partial charge in [-0.15, -0.1) is 0 Å². The average Bonchev–Trinajstić information content (AvgIpc) is 2.48. The number of alkyl halides is 3. The monoisotopic (exact) mass is 221 g/mol. The van der Waals surface area contributed by atoms with Crippen LogP contribution < -0.4 is 5.32 Å².